The SMILES string of the molecule is O=C(Nc1ccc2[nH]ncc2c1)C1CCN(C(=O)[C@H](O)COc2ccc(Br)cc2)C1. The second-order valence-corrected chi connectivity index (χ2v) is 8.13. The van der Waals surface area contributed by atoms with Gasteiger partial charge in [-0.3, -0.25) is 14.7 Å². The summed E-state index contributed by atoms with van der Waals surface area (Å²) in [5.41, 5.74) is 1.58. The van der Waals surface area contributed by atoms with E-state index in [0.29, 0.717) is 24.4 Å². The van der Waals surface area contributed by atoms with Gasteiger partial charge in [0.15, 0.2) is 6.10 Å². The zero-order valence-corrected chi connectivity index (χ0v) is 17.6. The van der Waals surface area contributed by atoms with Crippen LogP contribution in [0.1, 0.15) is 6.42 Å². The van der Waals surface area contributed by atoms with Gasteiger partial charge in [0.25, 0.3) is 5.91 Å². The van der Waals surface area contributed by atoms with Crippen LogP contribution in [-0.4, -0.2) is 57.8 Å². The Morgan fingerprint density at radius 2 is 2.10 bits per heavy atom. The summed E-state index contributed by atoms with van der Waals surface area (Å²) in [4.78, 5) is 26.6. The molecular formula is C21H21BrN4O4. The van der Waals surface area contributed by atoms with E-state index in [2.05, 4.69) is 31.4 Å². The zero-order chi connectivity index (χ0) is 21.1. The number of ether oxygens (including phenoxy) is 1. The van der Waals surface area contributed by atoms with Gasteiger partial charge in [0, 0.05) is 28.6 Å². The minimum absolute atomic E-state index is 0.140. The number of hydrogen-bond acceptors (Lipinski definition) is 5. The predicted molar refractivity (Wildman–Crippen MR) is 115 cm³/mol. The van der Waals surface area contributed by atoms with Crippen LogP contribution in [0.3, 0.4) is 0 Å². The summed E-state index contributed by atoms with van der Waals surface area (Å²) in [6.07, 6.45) is 0.962. The molecule has 4 rings (SSSR count). The van der Waals surface area contributed by atoms with E-state index in [9.17, 15) is 14.7 Å². The summed E-state index contributed by atoms with van der Waals surface area (Å²) in [6.45, 7) is 0.555. The number of H-pyrrole nitrogens is 1. The number of hydrogen-bond donors (Lipinski definition) is 3. The van der Waals surface area contributed by atoms with Crippen LogP contribution in [0.5, 0.6) is 5.75 Å². The Morgan fingerprint density at radius 1 is 1.30 bits per heavy atom. The first-order valence-electron chi connectivity index (χ1n) is 9.59. The van der Waals surface area contributed by atoms with Crippen molar-refractivity contribution in [3.8, 4) is 5.75 Å². The van der Waals surface area contributed by atoms with Gasteiger partial charge in [0.05, 0.1) is 17.6 Å². The summed E-state index contributed by atoms with van der Waals surface area (Å²) in [7, 11) is 0. The van der Waals surface area contributed by atoms with Crippen LogP contribution in [0.25, 0.3) is 10.9 Å². The number of aliphatic hydroxyl groups excluding tert-OH is 1. The summed E-state index contributed by atoms with van der Waals surface area (Å²) in [5.74, 6) is -0.331. The molecule has 2 atom stereocenters. The number of nitrogens with zero attached hydrogens (tertiary/aromatic N) is 2. The fourth-order valence-electron chi connectivity index (χ4n) is 3.43. The minimum atomic E-state index is -1.28. The highest BCUT2D eigenvalue weighted by Crippen LogP contribution is 2.22. The zero-order valence-electron chi connectivity index (χ0n) is 16.0. The van der Waals surface area contributed by atoms with Gasteiger partial charge >= 0.3 is 0 Å². The average molecular weight is 473 g/mol. The fourth-order valence-corrected chi connectivity index (χ4v) is 3.69. The number of benzene rings is 2. The predicted octanol–water partition coefficient (Wildman–Crippen LogP) is 2.55. The van der Waals surface area contributed by atoms with Crippen molar-refractivity contribution in [1.82, 2.24) is 15.1 Å². The summed E-state index contributed by atoms with van der Waals surface area (Å²) >= 11 is 3.34. The van der Waals surface area contributed by atoms with Crippen LogP contribution in [0, 0.1) is 5.92 Å². The van der Waals surface area contributed by atoms with Crippen LogP contribution < -0.4 is 10.1 Å². The average Bonchev–Trinajstić information content (AvgIpc) is 3.42. The Kier molecular flexibility index (Phi) is 6.01. The molecule has 1 aromatic heterocycles. The van der Waals surface area contributed by atoms with Crippen LogP contribution in [-0.2, 0) is 9.59 Å². The maximum atomic E-state index is 12.6. The number of anilines is 1. The molecule has 2 heterocycles. The molecule has 3 aromatic rings. The van der Waals surface area contributed by atoms with Gasteiger partial charge in [0.1, 0.15) is 12.4 Å². The van der Waals surface area contributed by atoms with Crippen molar-refractivity contribution in [3.63, 3.8) is 0 Å². The Hall–Kier alpha value is -2.91. The number of halogens is 1. The molecule has 1 aliphatic rings. The lowest BCUT2D eigenvalue weighted by Crippen LogP contribution is -2.41. The second-order valence-electron chi connectivity index (χ2n) is 7.21. The van der Waals surface area contributed by atoms with Crippen molar-refractivity contribution in [2.24, 2.45) is 5.92 Å². The number of rotatable bonds is 6. The van der Waals surface area contributed by atoms with Gasteiger partial charge < -0.3 is 20.1 Å². The summed E-state index contributed by atoms with van der Waals surface area (Å²) in [6, 6.07) is 12.6. The van der Waals surface area contributed by atoms with Crippen LogP contribution in [0.4, 0.5) is 5.69 Å². The number of likely N-dealkylation sites (tertiary alicyclic amines) is 1. The van der Waals surface area contributed by atoms with E-state index in [1.807, 2.05) is 24.3 Å². The van der Waals surface area contributed by atoms with Crippen molar-refractivity contribution in [1.29, 1.82) is 0 Å². The van der Waals surface area contributed by atoms with E-state index in [-0.39, 0.29) is 25.0 Å². The molecule has 1 aliphatic heterocycles. The molecule has 9 heteroatoms. The first-order chi connectivity index (χ1) is 14.5. The largest absolute Gasteiger partial charge is 0.490 e. The lowest BCUT2D eigenvalue weighted by Gasteiger charge is -2.20. The molecule has 8 nitrogen and oxygen atoms in total. The molecule has 0 radical (unpaired) electrons. The van der Waals surface area contributed by atoms with Gasteiger partial charge in [-0.25, -0.2) is 0 Å². The molecule has 1 fully saturated rings. The molecule has 0 saturated carbocycles. The Labute approximate surface area is 181 Å². The summed E-state index contributed by atoms with van der Waals surface area (Å²) < 4.78 is 6.39. The second kappa shape index (κ2) is 8.85. The minimum Gasteiger partial charge on any atom is -0.490 e. The smallest absolute Gasteiger partial charge is 0.255 e. The number of carbonyl (C=O) groups excluding carboxylic acids is 2. The van der Waals surface area contributed by atoms with Gasteiger partial charge in [-0.1, -0.05) is 15.9 Å². The quantitative estimate of drug-likeness (QED) is 0.510. The van der Waals surface area contributed by atoms with Crippen LogP contribution in [0.2, 0.25) is 0 Å². The third-order valence-electron chi connectivity index (χ3n) is 5.09. The van der Waals surface area contributed by atoms with Crippen molar-refractivity contribution >= 4 is 44.3 Å². The van der Waals surface area contributed by atoms with Gasteiger partial charge in [-0.2, -0.15) is 5.10 Å². The van der Waals surface area contributed by atoms with E-state index in [0.717, 1.165) is 15.4 Å². The monoisotopic (exact) mass is 472 g/mol. The molecule has 3 N–H and O–H groups in total. The van der Waals surface area contributed by atoms with Crippen molar-refractivity contribution in [2.45, 2.75) is 12.5 Å². The lowest BCUT2D eigenvalue weighted by atomic mass is 10.1. The maximum absolute atomic E-state index is 12.6. The third-order valence-corrected chi connectivity index (χ3v) is 5.61. The molecule has 156 valence electrons. The molecule has 2 amide bonds. The topological polar surface area (TPSA) is 108 Å². The Balaban J connectivity index is 1.28. The van der Waals surface area contributed by atoms with E-state index in [1.165, 1.54) is 4.90 Å². The molecule has 1 unspecified atom stereocenters. The fraction of sp³-hybridized carbons (Fsp3) is 0.286. The number of aliphatic hydroxyl groups is 1. The van der Waals surface area contributed by atoms with E-state index in [4.69, 9.17) is 4.74 Å². The van der Waals surface area contributed by atoms with Crippen molar-refractivity contribution in [3.05, 3.63) is 53.1 Å². The molecular weight excluding hydrogens is 452 g/mol. The lowest BCUT2D eigenvalue weighted by molar-refractivity contribution is -0.140. The van der Waals surface area contributed by atoms with Crippen molar-refractivity contribution in [2.75, 3.05) is 25.0 Å². The number of aromatic nitrogens is 2. The van der Waals surface area contributed by atoms with E-state index >= 15 is 0 Å². The van der Waals surface area contributed by atoms with E-state index < -0.39 is 12.0 Å². The number of fused-ring (bicyclic) bond motifs is 1. The van der Waals surface area contributed by atoms with Gasteiger partial charge in [0.2, 0.25) is 5.91 Å². The number of carbonyl (C=O) groups is 2. The van der Waals surface area contributed by atoms with Crippen molar-refractivity contribution < 1.29 is 19.4 Å². The van der Waals surface area contributed by atoms with Crippen LogP contribution >= 0.6 is 15.9 Å². The number of nitrogens with one attached hydrogen (secondary N) is 2. The molecule has 2 aromatic carbocycles. The first-order valence-corrected chi connectivity index (χ1v) is 10.4. The van der Waals surface area contributed by atoms with E-state index in [1.54, 1.807) is 24.4 Å². The summed E-state index contributed by atoms with van der Waals surface area (Å²) in [5, 5.41) is 20.8. The molecule has 1 saturated heterocycles. The Bertz CT molecular complexity index is 1050. The van der Waals surface area contributed by atoms with Gasteiger partial charge in [-0.15, -0.1) is 0 Å². The number of aromatic amines is 1. The molecule has 0 bridgehead atoms. The van der Waals surface area contributed by atoms with Crippen LogP contribution in [0.15, 0.2) is 53.1 Å². The normalized spacial score (nSPS) is 17.1. The molecule has 0 aliphatic carbocycles. The third kappa shape index (κ3) is 4.63. The van der Waals surface area contributed by atoms with Gasteiger partial charge in [-0.05, 0) is 48.9 Å². The maximum Gasteiger partial charge on any atom is 0.255 e. The highest BCUT2D eigenvalue weighted by molar-refractivity contribution is 9.10. The highest BCUT2D eigenvalue weighted by atomic mass is 79.9. The Morgan fingerprint density at radius 3 is 2.90 bits per heavy atom. The first kappa shape index (κ1) is 20.4. The molecule has 0 spiro atoms. The standard InChI is InChI=1S/C21H21BrN4O4/c22-15-1-4-17(5-2-15)30-12-19(27)21(29)26-8-7-13(11-26)20(28)24-16-3-6-18-14(9-16)10-23-25-18/h1-6,9-10,13,19,27H,7-8,11-12H2,(H,23,25)(H,24,28)/t13?,19-/m1/s1. The number of amides is 2. The highest BCUT2D eigenvalue weighted by Gasteiger charge is 2.33. The molecule has 30 heavy (non-hydrogen) atoms.